The fraction of sp³-hybridized carbons (Fsp3) is 0.0241. The van der Waals surface area contributed by atoms with Crippen LogP contribution in [0.1, 0.15) is 16.8 Å². The van der Waals surface area contributed by atoms with Crippen molar-refractivity contribution in [1.82, 2.24) is 4.57 Å². The number of thioether (sulfide) groups is 1. The van der Waals surface area contributed by atoms with E-state index in [4.69, 9.17) is 0 Å². The van der Waals surface area contributed by atoms with Crippen LogP contribution in [0.3, 0.4) is 0 Å². The lowest BCUT2D eigenvalue weighted by molar-refractivity contribution is 0.999. The van der Waals surface area contributed by atoms with Crippen molar-refractivity contribution in [2.45, 2.75) is 11.7 Å². The maximum absolute atomic E-state index is 3.66. The first-order chi connectivity index (χ1) is 42.7. The third-order valence-electron chi connectivity index (χ3n) is 17.8. The van der Waals surface area contributed by atoms with Crippen molar-refractivity contribution in [2.24, 2.45) is 0 Å². The molecule has 0 radical (unpaired) electrons. The Labute approximate surface area is 508 Å². The number of aromatic nitrogens is 1. The van der Waals surface area contributed by atoms with Crippen LogP contribution in [0, 0.1) is 0 Å². The second-order valence-corrected chi connectivity index (χ2v) is 24.8. The average molecular weight is 1130 g/mol. The summed E-state index contributed by atoms with van der Waals surface area (Å²) >= 11 is 3.86. The summed E-state index contributed by atoms with van der Waals surface area (Å²) in [4.78, 5) is 1.27. The van der Waals surface area contributed by atoms with Gasteiger partial charge in [0.1, 0.15) is 0 Å². The fourth-order valence-electron chi connectivity index (χ4n) is 13.8. The molecule has 11 aromatic carbocycles. The summed E-state index contributed by atoms with van der Waals surface area (Å²) in [7, 11) is 0. The van der Waals surface area contributed by atoms with Crippen LogP contribution in [-0.2, 0) is 6.42 Å². The van der Waals surface area contributed by atoms with E-state index in [2.05, 4.69) is 314 Å². The van der Waals surface area contributed by atoms with E-state index in [-0.39, 0.29) is 5.25 Å². The van der Waals surface area contributed by atoms with Crippen molar-refractivity contribution in [2.75, 3.05) is 0 Å². The Morgan fingerprint density at radius 3 is 1.70 bits per heavy atom. The molecule has 0 saturated heterocycles. The molecule has 1 nitrogen and oxygen atoms in total. The van der Waals surface area contributed by atoms with Gasteiger partial charge in [-0.1, -0.05) is 273 Å². The van der Waals surface area contributed by atoms with E-state index in [1.807, 2.05) is 23.1 Å². The molecule has 86 heavy (non-hydrogen) atoms. The zero-order valence-corrected chi connectivity index (χ0v) is 48.5. The number of fused-ring (bicyclic) bond motifs is 10. The average Bonchev–Trinajstić information content (AvgIpc) is 3.57. The molecule has 1 aliphatic heterocycles. The van der Waals surface area contributed by atoms with Crippen LogP contribution < -0.4 is 0 Å². The second kappa shape index (κ2) is 20.8. The maximum Gasteiger partial charge on any atom is 0.0544 e. The predicted octanol–water partition coefficient (Wildman–Crippen LogP) is 22.7. The van der Waals surface area contributed by atoms with E-state index in [1.54, 1.807) is 0 Å². The molecule has 0 amide bonds. The van der Waals surface area contributed by atoms with Gasteiger partial charge in [-0.2, -0.15) is 0 Å². The molecule has 0 fully saturated rings. The van der Waals surface area contributed by atoms with Gasteiger partial charge in [-0.15, -0.1) is 28.8 Å². The molecule has 13 aromatic rings. The van der Waals surface area contributed by atoms with E-state index in [9.17, 15) is 0 Å². The lowest BCUT2D eigenvalue weighted by atomic mass is 9.85. The number of thiophene rings is 1. The normalized spacial score (nSPS) is 15.3. The minimum absolute atomic E-state index is 0.121. The Bertz CT molecular complexity index is 5260. The Kier molecular flexibility index (Phi) is 12.2. The summed E-state index contributed by atoms with van der Waals surface area (Å²) in [5.74, 6) is 0. The van der Waals surface area contributed by atoms with Crippen molar-refractivity contribution >= 4 is 87.4 Å². The van der Waals surface area contributed by atoms with Gasteiger partial charge in [0.25, 0.3) is 0 Å². The van der Waals surface area contributed by atoms with Crippen LogP contribution in [0.15, 0.2) is 330 Å². The predicted molar refractivity (Wildman–Crippen MR) is 370 cm³/mol. The molecule has 2 aromatic heterocycles. The molecule has 402 valence electrons. The van der Waals surface area contributed by atoms with Crippen molar-refractivity contribution in [3.8, 4) is 61.3 Å². The highest BCUT2D eigenvalue weighted by Crippen LogP contribution is 2.51. The minimum Gasteiger partial charge on any atom is -0.313 e. The van der Waals surface area contributed by atoms with Crippen LogP contribution in [0.5, 0.6) is 0 Å². The maximum atomic E-state index is 3.66. The first-order valence-corrected chi connectivity index (χ1v) is 31.3. The molecule has 0 N–H and O–H groups in total. The van der Waals surface area contributed by atoms with Crippen molar-refractivity contribution in [1.29, 1.82) is 0 Å². The number of nitrogens with zero attached hydrogens (tertiary/aromatic N) is 1. The molecule has 1 atom stereocenters. The molecule has 0 saturated carbocycles. The van der Waals surface area contributed by atoms with Gasteiger partial charge in [0.15, 0.2) is 0 Å². The summed E-state index contributed by atoms with van der Waals surface area (Å²) in [5, 5.41) is 8.97. The minimum atomic E-state index is 0.121. The third kappa shape index (κ3) is 8.39. The van der Waals surface area contributed by atoms with Crippen LogP contribution >= 0.6 is 23.1 Å². The number of hydrogen-bond donors (Lipinski definition) is 0. The van der Waals surface area contributed by atoms with Gasteiger partial charge in [0.05, 0.1) is 10.8 Å². The highest BCUT2D eigenvalue weighted by molar-refractivity contribution is 8.04. The van der Waals surface area contributed by atoms with Crippen LogP contribution in [0.2, 0.25) is 0 Å². The fourth-order valence-corrected chi connectivity index (χ4v) is 16.6. The molecule has 4 aliphatic rings. The molecule has 17 rings (SSSR count). The molecule has 1 unspecified atom stereocenters. The Hall–Kier alpha value is -10.3. The van der Waals surface area contributed by atoms with Gasteiger partial charge in [0, 0.05) is 59.4 Å². The Morgan fingerprint density at radius 1 is 0.419 bits per heavy atom. The number of hydrogen-bond acceptors (Lipinski definition) is 2. The smallest absolute Gasteiger partial charge is 0.0544 e. The molecule has 2 bridgehead atoms. The number of rotatable bonds is 8. The van der Waals surface area contributed by atoms with Crippen molar-refractivity contribution in [3.05, 3.63) is 347 Å². The van der Waals surface area contributed by atoms with Crippen molar-refractivity contribution in [3.63, 3.8) is 0 Å². The summed E-state index contributed by atoms with van der Waals surface area (Å²) in [6.07, 6.45) is 23.8. The highest BCUT2D eigenvalue weighted by atomic mass is 32.2. The molecular formula is C83H53NS2. The van der Waals surface area contributed by atoms with Crippen LogP contribution in [0.25, 0.3) is 126 Å². The van der Waals surface area contributed by atoms with Gasteiger partial charge in [-0.3, -0.25) is 0 Å². The van der Waals surface area contributed by atoms with E-state index >= 15 is 0 Å². The van der Waals surface area contributed by atoms with Gasteiger partial charge in [-0.25, -0.2) is 0 Å². The number of allylic oxidation sites excluding steroid dienone is 11. The highest BCUT2D eigenvalue weighted by Gasteiger charge is 2.30. The quantitative estimate of drug-likeness (QED) is 0.108. The van der Waals surface area contributed by atoms with E-state index in [0.29, 0.717) is 0 Å². The van der Waals surface area contributed by atoms with E-state index < -0.39 is 0 Å². The molecule has 3 heteroatoms. The van der Waals surface area contributed by atoms with Gasteiger partial charge >= 0.3 is 0 Å². The van der Waals surface area contributed by atoms with Gasteiger partial charge < -0.3 is 4.57 Å². The Morgan fingerprint density at radius 2 is 1.00 bits per heavy atom. The van der Waals surface area contributed by atoms with Crippen molar-refractivity contribution < 1.29 is 0 Å². The summed E-state index contributed by atoms with van der Waals surface area (Å²) in [6, 6.07) is 89.7. The van der Waals surface area contributed by atoms with Gasteiger partial charge in [0.2, 0.25) is 0 Å². The topological polar surface area (TPSA) is 4.93 Å². The first-order valence-electron chi connectivity index (χ1n) is 29.6. The Balaban J connectivity index is 0.802. The summed E-state index contributed by atoms with van der Waals surface area (Å²) in [6.45, 7) is 0. The van der Waals surface area contributed by atoms with Crippen LogP contribution in [0.4, 0.5) is 0 Å². The lowest BCUT2D eigenvalue weighted by Crippen LogP contribution is -2.11. The molecule has 3 heterocycles. The summed E-state index contributed by atoms with van der Waals surface area (Å²) < 4.78 is 5.19. The molecule has 0 spiro atoms. The SMILES string of the molecule is C1=CC=CC2=C(SC3C=C2C=CC=C3C2=CCc3c(c4ccc(-c5cccc6c5sc5c(-c7ccccc7)cccc56)cc4n3-c3ccc(-c4ccc5c(-c6ccccc6)c6ccccc6c(-c6ccccc6)c5c4)cc3)C=C2)C=1c1ccccc1. The zero-order valence-electron chi connectivity index (χ0n) is 46.9. The van der Waals surface area contributed by atoms with E-state index in [0.717, 1.165) is 17.7 Å². The zero-order chi connectivity index (χ0) is 56.7. The number of benzene rings is 11. The summed E-state index contributed by atoms with van der Waals surface area (Å²) in [5.41, 5.74) is 28.2. The second-order valence-electron chi connectivity index (χ2n) is 22.6. The van der Waals surface area contributed by atoms with Gasteiger partial charge in [-0.05, 0) is 135 Å². The largest absolute Gasteiger partial charge is 0.313 e. The lowest BCUT2D eigenvalue weighted by Gasteiger charge is -2.26. The van der Waals surface area contributed by atoms with E-state index in [1.165, 1.54) is 152 Å². The standard InChI is InChI=1S/C83H53NS2/c1-5-20-54(21-6-1)64-29-13-14-30-66-60-28-17-33-63(78(52-60)85-81(64)66)56-40-46-68-69-47-42-61(67-35-19-37-74-73-36-18-34-65(82(73)86-83(67)74)55-22-7-2-8-23-55)51-77(69)84(76(68)49-43-56)62-44-38-53(39-45-62)59-41-48-72-75(50-59)80(58-26-11-4-12-27-58)71-32-16-15-31-70(71)79(72)57-24-9-3-10-25-57/h1-28,30-48,50-52,78H,49H2. The monoisotopic (exact) mass is 1130 g/mol. The third-order valence-corrected chi connectivity index (χ3v) is 20.4. The molecular weight excluding hydrogens is 1080 g/mol. The molecule has 3 aliphatic carbocycles. The van der Waals surface area contributed by atoms with Crippen LogP contribution in [-0.4, -0.2) is 9.82 Å². The first kappa shape index (κ1) is 50.3.